The number of hydrogen-bond acceptors (Lipinski definition) is 6. The van der Waals surface area contributed by atoms with E-state index in [0.717, 1.165) is 0 Å². The van der Waals surface area contributed by atoms with E-state index in [0.29, 0.717) is 12.8 Å². The summed E-state index contributed by atoms with van der Waals surface area (Å²) in [6.07, 6.45) is 0.793. The van der Waals surface area contributed by atoms with Crippen LogP contribution >= 0.6 is 0 Å². The summed E-state index contributed by atoms with van der Waals surface area (Å²) in [5, 5.41) is 9.24. The number of methoxy groups -OCH3 is 1. The van der Waals surface area contributed by atoms with E-state index >= 15 is 0 Å². The fourth-order valence-electron chi connectivity index (χ4n) is 2.18. The molecular weight excluding hydrogens is 294 g/mol. The number of rotatable bonds is 7. The maximum atomic E-state index is 12.0. The molecule has 2 rings (SSSR count). The first-order valence-corrected chi connectivity index (χ1v) is 7.88. The Morgan fingerprint density at radius 2 is 2.00 bits per heavy atom. The number of nitriles is 1. The Morgan fingerprint density at radius 1 is 1.33 bits per heavy atom. The molecule has 0 aromatic heterocycles. The number of hydrogen-bond donors (Lipinski definition) is 0. The van der Waals surface area contributed by atoms with E-state index in [9.17, 15) is 13.7 Å². The van der Waals surface area contributed by atoms with E-state index in [2.05, 4.69) is 6.07 Å². The van der Waals surface area contributed by atoms with E-state index in [-0.39, 0.29) is 24.4 Å². The van der Waals surface area contributed by atoms with Crippen molar-refractivity contribution in [3.8, 4) is 6.07 Å². The normalized spacial score (nSPS) is 25.0. The number of ether oxygens (including phenoxy) is 2. The van der Waals surface area contributed by atoms with Gasteiger partial charge in [-0.1, -0.05) is 18.2 Å². The fourth-order valence-corrected chi connectivity index (χ4v) is 3.19. The molecule has 0 bridgehead atoms. The molecule has 114 valence electrons. The smallest absolute Gasteiger partial charge is 0.297 e. The molecule has 0 atom stereocenters. The van der Waals surface area contributed by atoms with Gasteiger partial charge >= 0.3 is 0 Å². The quantitative estimate of drug-likeness (QED) is 0.562. The lowest BCUT2D eigenvalue weighted by molar-refractivity contribution is -0.133. The standard InChI is InChI=1S/C14H17NO5S/c1-18-11-19-12-7-14(8-12,9-15)10-20-21(16,17)13-5-3-2-4-6-13/h2-6,12H,7-8,10-11H2,1H3. The van der Waals surface area contributed by atoms with Gasteiger partial charge in [0.2, 0.25) is 0 Å². The van der Waals surface area contributed by atoms with Crippen molar-refractivity contribution in [3.63, 3.8) is 0 Å². The zero-order valence-electron chi connectivity index (χ0n) is 11.7. The zero-order valence-corrected chi connectivity index (χ0v) is 12.5. The van der Waals surface area contributed by atoms with Crippen LogP contribution in [0, 0.1) is 16.7 Å². The molecule has 0 heterocycles. The lowest BCUT2D eigenvalue weighted by Gasteiger charge is -2.41. The van der Waals surface area contributed by atoms with Crippen LogP contribution in [0.5, 0.6) is 0 Å². The van der Waals surface area contributed by atoms with Crippen LogP contribution < -0.4 is 0 Å². The summed E-state index contributed by atoms with van der Waals surface area (Å²) in [7, 11) is -2.31. The minimum atomic E-state index is -3.83. The molecule has 0 amide bonds. The Balaban J connectivity index is 1.92. The maximum Gasteiger partial charge on any atom is 0.297 e. The zero-order chi connectivity index (χ0) is 15.3. The minimum absolute atomic E-state index is 0.0876. The maximum absolute atomic E-state index is 12.0. The molecule has 0 aliphatic heterocycles. The van der Waals surface area contributed by atoms with Crippen LogP contribution in [0.2, 0.25) is 0 Å². The second kappa shape index (κ2) is 6.54. The third kappa shape index (κ3) is 3.80. The van der Waals surface area contributed by atoms with Gasteiger partial charge in [0.1, 0.15) is 6.79 Å². The van der Waals surface area contributed by atoms with Crippen LogP contribution in [-0.2, 0) is 23.8 Å². The average molecular weight is 311 g/mol. The summed E-state index contributed by atoms with van der Waals surface area (Å²) in [5.74, 6) is 0. The molecule has 1 aliphatic carbocycles. The first kappa shape index (κ1) is 15.9. The van der Waals surface area contributed by atoms with Gasteiger partial charge in [-0.25, -0.2) is 0 Å². The third-order valence-corrected chi connectivity index (χ3v) is 4.70. The SMILES string of the molecule is COCOC1CC(C#N)(COS(=O)(=O)c2ccccc2)C1. The molecule has 0 spiro atoms. The van der Waals surface area contributed by atoms with Crippen molar-refractivity contribution in [1.82, 2.24) is 0 Å². The summed E-state index contributed by atoms with van der Waals surface area (Å²) in [5.41, 5.74) is -0.805. The second-order valence-corrected chi connectivity index (χ2v) is 6.64. The molecule has 1 saturated carbocycles. The first-order valence-electron chi connectivity index (χ1n) is 6.48. The Morgan fingerprint density at radius 3 is 2.57 bits per heavy atom. The minimum Gasteiger partial charge on any atom is -0.359 e. The van der Waals surface area contributed by atoms with Gasteiger partial charge < -0.3 is 9.47 Å². The molecular formula is C14H17NO5S. The molecule has 0 radical (unpaired) electrons. The molecule has 6 nitrogen and oxygen atoms in total. The highest BCUT2D eigenvalue weighted by Crippen LogP contribution is 2.43. The van der Waals surface area contributed by atoms with E-state index in [1.54, 1.807) is 18.2 Å². The van der Waals surface area contributed by atoms with Crippen LogP contribution in [0.25, 0.3) is 0 Å². The van der Waals surface area contributed by atoms with Crippen LogP contribution in [0.1, 0.15) is 12.8 Å². The van der Waals surface area contributed by atoms with Crippen LogP contribution in [0.4, 0.5) is 0 Å². The molecule has 0 N–H and O–H groups in total. The third-order valence-electron chi connectivity index (χ3n) is 3.42. The summed E-state index contributed by atoms with van der Waals surface area (Å²) in [6.45, 7) is 0.00289. The largest absolute Gasteiger partial charge is 0.359 e. The molecule has 1 fully saturated rings. The Bertz CT molecular complexity index is 602. The summed E-state index contributed by atoms with van der Waals surface area (Å²) >= 11 is 0. The van der Waals surface area contributed by atoms with Crippen molar-refractivity contribution in [1.29, 1.82) is 5.26 Å². The molecule has 0 saturated heterocycles. The molecule has 0 unspecified atom stereocenters. The fraction of sp³-hybridized carbons (Fsp3) is 0.500. The van der Waals surface area contributed by atoms with Gasteiger partial charge in [0, 0.05) is 7.11 Å². The van der Waals surface area contributed by atoms with Crippen LogP contribution in [0.3, 0.4) is 0 Å². The van der Waals surface area contributed by atoms with Crippen LogP contribution in [-0.4, -0.2) is 35.0 Å². The van der Waals surface area contributed by atoms with E-state index in [1.807, 2.05) is 0 Å². The first-order chi connectivity index (χ1) is 10.0. The van der Waals surface area contributed by atoms with E-state index in [4.69, 9.17) is 13.7 Å². The lowest BCUT2D eigenvalue weighted by Crippen LogP contribution is -2.45. The van der Waals surface area contributed by atoms with Gasteiger partial charge in [-0.15, -0.1) is 0 Å². The highest BCUT2D eigenvalue weighted by molar-refractivity contribution is 7.86. The Labute approximate surface area is 124 Å². The second-order valence-electron chi connectivity index (χ2n) is 5.02. The number of benzene rings is 1. The van der Waals surface area contributed by atoms with Crippen molar-refractivity contribution in [2.24, 2.45) is 5.41 Å². The summed E-state index contributed by atoms with van der Waals surface area (Å²) in [4.78, 5) is 0.0876. The molecule has 1 aromatic rings. The summed E-state index contributed by atoms with van der Waals surface area (Å²) < 4.78 is 39.2. The molecule has 1 aliphatic rings. The van der Waals surface area contributed by atoms with Crippen molar-refractivity contribution < 1.29 is 22.1 Å². The Kier molecular flexibility index (Phi) is 4.96. The predicted molar refractivity (Wildman–Crippen MR) is 73.6 cm³/mol. The molecule has 7 heteroatoms. The van der Waals surface area contributed by atoms with Crippen molar-refractivity contribution in [2.75, 3.05) is 20.5 Å². The monoisotopic (exact) mass is 311 g/mol. The van der Waals surface area contributed by atoms with E-state index in [1.165, 1.54) is 19.2 Å². The number of nitrogens with zero attached hydrogens (tertiary/aromatic N) is 1. The van der Waals surface area contributed by atoms with Gasteiger partial charge in [-0.05, 0) is 25.0 Å². The van der Waals surface area contributed by atoms with Crippen molar-refractivity contribution in [3.05, 3.63) is 30.3 Å². The van der Waals surface area contributed by atoms with Gasteiger partial charge in [0.15, 0.2) is 0 Å². The highest BCUT2D eigenvalue weighted by atomic mass is 32.2. The van der Waals surface area contributed by atoms with Gasteiger partial charge in [0.05, 0.1) is 29.1 Å². The van der Waals surface area contributed by atoms with Gasteiger partial charge in [-0.3, -0.25) is 4.18 Å². The predicted octanol–water partition coefficient (Wildman–Crippen LogP) is 1.68. The topological polar surface area (TPSA) is 85.6 Å². The van der Waals surface area contributed by atoms with Crippen LogP contribution in [0.15, 0.2) is 35.2 Å². The Hall–Kier alpha value is -1.46. The molecule has 21 heavy (non-hydrogen) atoms. The molecule has 1 aromatic carbocycles. The van der Waals surface area contributed by atoms with Gasteiger partial charge in [-0.2, -0.15) is 13.7 Å². The van der Waals surface area contributed by atoms with Gasteiger partial charge in [0.25, 0.3) is 10.1 Å². The summed E-state index contributed by atoms with van der Waals surface area (Å²) in [6, 6.07) is 10.0. The average Bonchev–Trinajstić information content (AvgIpc) is 2.46. The lowest BCUT2D eigenvalue weighted by atomic mass is 9.68. The van der Waals surface area contributed by atoms with Crippen molar-refractivity contribution in [2.45, 2.75) is 23.8 Å². The van der Waals surface area contributed by atoms with Crippen molar-refractivity contribution >= 4 is 10.1 Å². The highest BCUT2D eigenvalue weighted by Gasteiger charge is 2.46. The van der Waals surface area contributed by atoms with E-state index < -0.39 is 15.5 Å².